The molecule has 1 saturated heterocycles. The Morgan fingerprint density at radius 3 is 2.69 bits per heavy atom. The van der Waals surface area contributed by atoms with Crippen LogP contribution < -0.4 is 10.1 Å². The maximum absolute atomic E-state index is 12.8. The lowest BCUT2D eigenvalue weighted by Crippen LogP contribution is -2.47. The highest BCUT2D eigenvalue weighted by molar-refractivity contribution is 5.94. The van der Waals surface area contributed by atoms with Gasteiger partial charge in [-0.2, -0.15) is 0 Å². The van der Waals surface area contributed by atoms with Gasteiger partial charge in [-0.3, -0.25) is 14.7 Å². The van der Waals surface area contributed by atoms with Crippen molar-refractivity contribution < 1.29 is 9.53 Å². The van der Waals surface area contributed by atoms with Crippen LogP contribution in [0.5, 0.6) is 11.5 Å². The van der Waals surface area contributed by atoms with Crippen molar-refractivity contribution in [1.82, 2.24) is 9.88 Å². The molecular formula is C21H25N3O2. The van der Waals surface area contributed by atoms with Crippen LogP contribution in [0.25, 0.3) is 0 Å². The molecule has 2 heterocycles. The van der Waals surface area contributed by atoms with E-state index in [1.165, 1.54) is 19.3 Å². The molecule has 0 radical (unpaired) electrons. The number of likely N-dealkylation sites (tertiary alicyclic amines) is 1. The number of amides is 1. The number of hydrogen-bond acceptors (Lipinski definition) is 4. The predicted octanol–water partition coefficient (Wildman–Crippen LogP) is 4.08. The van der Waals surface area contributed by atoms with Crippen LogP contribution in [0.1, 0.15) is 32.1 Å². The zero-order valence-corrected chi connectivity index (χ0v) is 14.9. The highest BCUT2D eigenvalue weighted by atomic mass is 16.5. The molecule has 1 aliphatic carbocycles. The minimum atomic E-state index is 0.00988. The molecule has 5 nitrogen and oxygen atoms in total. The van der Waals surface area contributed by atoms with E-state index in [1.54, 1.807) is 12.4 Å². The fourth-order valence-corrected chi connectivity index (χ4v) is 3.51. The van der Waals surface area contributed by atoms with Gasteiger partial charge in [0, 0.05) is 18.4 Å². The molecule has 136 valence electrons. The summed E-state index contributed by atoms with van der Waals surface area (Å²) in [6.45, 7) is 2.13. The molecular weight excluding hydrogens is 326 g/mol. The molecule has 0 spiro atoms. The van der Waals surface area contributed by atoms with E-state index in [2.05, 4.69) is 15.2 Å². The Hall–Kier alpha value is -2.40. The third kappa shape index (κ3) is 4.41. The second-order valence-electron chi connectivity index (χ2n) is 7.25. The first-order valence-electron chi connectivity index (χ1n) is 9.51. The lowest BCUT2D eigenvalue weighted by Gasteiger charge is -2.34. The molecule has 5 heteroatoms. The van der Waals surface area contributed by atoms with Gasteiger partial charge in [0.15, 0.2) is 0 Å². The van der Waals surface area contributed by atoms with Crippen LogP contribution in [-0.4, -0.2) is 34.9 Å². The SMILES string of the molecule is O=C(Nc1ccc(Oc2cccnc2)cc1)[C@H]1CCCCN1CC1CC1. The van der Waals surface area contributed by atoms with E-state index >= 15 is 0 Å². The maximum Gasteiger partial charge on any atom is 0.241 e. The Bertz CT molecular complexity index is 729. The number of anilines is 1. The largest absolute Gasteiger partial charge is 0.456 e. The molecule has 1 atom stereocenters. The van der Waals surface area contributed by atoms with Crippen LogP contribution in [0.4, 0.5) is 5.69 Å². The van der Waals surface area contributed by atoms with Crippen LogP contribution in [0.15, 0.2) is 48.8 Å². The van der Waals surface area contributed by atoms with Gasteiger partial charge in [-0.05, 0) is 74.5 Å². The molecule has 1 N–H and O–H groups in total. The van der Waals surface area contributed by atoms with Crippen molar-refractivity contribution in [3.63, 3.8) is 0 Å². The summed E-state index contributed by atoms with van der Waals surface area (Å²) < 4.78 is 5.74. The molecule has 2 fully saturated rings. The molecule has 4 rings (SSSR count). The average Bonchev–Trinajstić information content (AvgIpc) is 3.49. The number of pyridine rings is 1. The van der Waals surface area contributed by atoms with Crippen molar-refractivity contribution in [3.8, 4) is 11.5 Å². The molecule has 1 aromatic carbocycles. The van der Waals surface area contributed by atoms with Crippen LogP contribution in [-0.2, 0) is 4.79 Å². The van der Waals surface area contributed by atoms with E-state index in [9.17, 15) is 4.79 Å². The monoisotopic (exact) mass is 351 g/mol. The first-order valence-corrected chi connectivity index (χ1v) is 9.51. The van der Waals surface area contributed by atoms with Crippen molar-refractivity contribution in [1.29, 1.82) is 0 Å². The number of carbonyl (C=O) groups is 1. The summed E-state index contributed by atoms with van der Waals surface area (Å²) >= 11 is 0. The highest BCUT2D eigenvalue weighted by Crippen LogP contribution is 2.32. The number of rotatable bonds is 6. The smallest absolute Gasteiger partial charge is 0.241 e. The lowest BCUT2D eigenvalue weighted by molar-refractivity contribution is -0.122. The summed E-state index contributed by atoms with van der Waals surface area (Å²) in [4.78, 5) is 19.2. The third-order valence-corrected chi connectivity index (χ3v) is 5.10. The Kier molecular flexibility index (Phi) is 5.16. The quantitative estimate of drug-likeness (QED) is 0.852. The Morgan fingerprint density at radius 2 is 1.96 bits per heavy atom. The van der Waals surface area contributed by atoms with Crippen LogP contribution in [0.3, 0.4) is 0 Å². The summed E-state index contributed by atoms with van der Waals surface area (Å²) in [5, 5.41) is 3.08. The molecule has 1 aliphatic heterocycles. The fraction of sp³-hybridized carbons (Fsp3) is 0.429. The van der Waals surface area contributed by atoms with Gasteiger partial charge >= 0.3 is 0 Å². The van der Waals surface area contributed by atoms with E-state index in [0.717, 1.165) is 43.3 Å². The number of nitrogens with one attached hydrogen (secondary N) is 1. The Labute approximate surface area is 154 Å². The van der Waals surface area contributed by atoms with Crippen molar-refractivity contribution in [3.05, 3.63) is 48.8 Å². The standard InChI is InChI=1S/C21H25N3O2/c25-21(20-5-1-2-13-24(20)15-16-6-7-16)23-17-8-10-18(11-9-17)26-19-4-3-12-22-14-19/h3-4,8-12,14,16,20H,1-2,5-7,13,15H2,(H,23,25)/t20-/m1/s1. The van der Waals surface area contributed by atoms with E-state index in [0.29, 0.717) is 5.75 Å². The topological polar surface area (TPSA) is 54.5 Å². The van der Waals surface area contributed by atoms with Crippen molar-refractivity contribution in [2.75, 3.05) is 18.4 Å². The second-order valence-corrected chi connectivity index (χ2v) is 7.25. The van der Waals surface area contributed by atoms with E-state index in [-0.39, 0.29) is 11.9 Å². The molecule has 0 unspecified atom stereocenters. The van der Waals surface area contributed by atoms with Crippen LogP contribution in [0, 0.1) is 5.92 Å². The number of hydrogen-bond donors (Lipinski definition) is 1. The molecule has 1 aromatic heterocycles. The predicted molar refractivity (Wildman–Crippen MR) is 101 cm³/mol. The number of aromatic nitrogens is 1. The first-order chi connectivity index (χ1) is 12.8. The van der Waals surface area contributed by atoms with Gasteiger partial charge < -0.3 is 10.1 Å². The van der Waals surface area contributed by atoms with E-state index in [1.807, 2.05) is 36.4 Å². The average molecular weight is 351 g/mol. The number of ether oxygens (including phenoxy) is 1. The minimum Gasteiger partial charge on any atom is -0.456 e. The summed E-state index contributed by atoms with van der Waals surface area (Å²) in [5.74, 6) is 2.35. The zero-order valence-electron chi connectivity index (χ0n) is 14.9. The third-order valence-electron chi connectivity index (χ3n) is 5.10. The number of benzene rings is 1. The number of piperidine rings is 1. The number of carbonyl (C=O) groups excluding carboxylic acids is 1. The van der Waals surface area contributed by atoms with Gasteiger partial charge in [0.2, 0.25) is 5.91 Å². The summed E-state index contributed by atoms with van der Waals surface area (Å²) in [6, 6.07) is 11.2. The first kappa shape index (κ1) is 17.0. The van der Waals surface area contributed by atoms with Crippen molar-refractivity contribution >= 4 is 11.6 Å². The highest BCUT2D eigenvalue weighted by Gasteiger charge is 2.33. The van der Waals surface area contributed by atoms with Crippen LogP contribution in [0.2, 0.25) is 0 Å². The van der Waals surface area contributed by atoms with Gasteiger partial charge in [0.25, 0.3) is 0 Å². The van der Waals surface area contributed by atoms with Gasteiger partial charge in [0.1, 0.15) is 11.5 Å². The molecule has 1 amide bonds. The zero-order chi connectivity index (χ0) is 17.8. The molecule has 0 bridgehead atoms. The normalized spacial score (nSPS) is 20.5. The van der Waals surface area contributed by atoms with Gasteiger partial charge in [0.05, 0.1) is 12.2 Å². The Morgan fingerprint density at radius 1 is 1.12 bits per heavy atom. The molecule has 2 aromatic rings. The second kappa shape index (κ2) is 7.87. The van der Waals surface area contributed by atoms with Crippen molar-refractivity contribution in [2.24, 2.45) is 5.92 Å². The molecule has 1 saturated carbocycles. The van der Waals surface area contributed by atoms with Gasteiger partial charge in [-0.15, -0.1) is 0 Å². The van der Waals surface area contributed by atoms with Crippen LogP contribution >= 0.6 is 0 Å². The Balaban J connectivity index is 1.36. The van der Waals surface area contributed by atoms with E-state index in [4.69, 9.17) is 4.74 Å². The molecule has 2 aliphatic rings. The summed E-state index contributed by atoms with van der Waals surface area (Å²) in [5.41, 5.74) is 0.811. The minimum absolute atomic E-state index is 0.00988. The molecule has 26 heavy (non-hydrogen) atoms. The van der Waals surface area contributed by atoms with Gasteiger partial charge in [-0.25, -0.2) is 0 Å². The van der Waals surface area contributed by atoms with Gasteiger partial charge in [-0.1, -0.05) is 6.42 Å². The van der Waals surface area contributed by atoms with Crippen molar-refractivity contribution in [2.45, 2.75) is 38.1 Å². The lowest BCUT2D eigenvalue weighted by atomic mass is 10.0. The van der Waals surface area contributed by atoms with E-state index < -0.39 is 0 Å². The maximum atomic E-state index is 12.8. The summed E-state index contributed by atoms with van der Waals surface area (Å²) in [6.07, 6.45) is 9.33. The fourth-order valence-electron chi connectivity index (χ4n) is 3.51. The number of nitrogens with zero attached hydrogens (tertiary/aromatic N) is 2. The summed E-state index contributed by atoms with van der Waals surface area (Å²) in [7, 11) is 0.